The Bertz CT molecular complexity index is 532. The van der Waals surface area contributed by atoms with E-state index in [0.29, 0.717) is 5.92 Å². The number of carboxylic acids is 1. The molecule has 0 aromatic rings. The lowest BCUT2D eigenvalue weighted by molar-refractivity contribution is -0.159. The zero-order valence-electron chi connectivity index (χ0n) is 28.7. The van der Waals surface area contributed by atoms with Crippen LogP contribution in [-0.2, 0) is 4.79 Å². The van der Waals surface area contributed by atoms with Crippen molar-refractivity contribution in [3.05, 3.63) is 0 Å². The van der Waals surface area contributed by atoms with Gasteiger partial charge in [0.05, 0.1) is 5.41 Å². The van der Waals surface area contributed by atoms with Gasteiger partial charge >= 0.3 is 5.97 Å². The molecular weight excluding hydrogens is 490 g/mol. The number of rotatable bonds is 30. The van der Waals surface area contributed by atoms with Gasteiger partial charge < -0.3 is 11.3 Å². The van der Waals surface area contributed by atoms with Gasteiger partial charge in [-0.25, -0.2) is 0 Å². The van der Waals surface area contributed by atoms with Crippen LogP contribution in [0.15, 0.2) is 0 Å². The molecule has 0 saturated carbocycles. The second-order valence-electron chi connectivity index (χ2n) is 13.7. The molecule has 0 aromatic carbocycles. The molecule has 0 bridgehead atoms. The number of hydrogen-bond acceptors (Lipinski definition) is 2. The highest BCUT2D eigenvalue weighted by Crippen LogP contribution is 2.47. The minimum atomic E-state index is -0.565. The van der Waals surface area contributed by atoms with Gasteiger partial charge in [0.15, 0.2) is 0 Å². The number of carbonyl (C=O) groups is 1. The van der Waals surface area contributed by atoms with Crippen LogP contribution in [0.25, 0.3) is 0 Å². The Labute approximate surface area is 253 Å². The van der Waals surface area contributed by atoms with Gasteiger partial charge in [0.2, 0.25) is 0 Å². The highest BCUT2D eigenvalue weighted by Gasteiger charge is 2.48. The van der Waals surface area contributed by atoms with Crippen LogP contribution in [0.4, 0.5) is 0 Å². The summed E-state index contributed by atoms with van der Waals surface area (Å²) >= 11 is 0. The van der Waals surface area contributed by atoms with E-state index in [1.165, 1.54) is 148 Å². The van der Waals surface area contributed by atoms with Crippen LogP contribution >= 0.6 is 0 Å². The first-order valence-corrected chi connectivity index (χ1v) is 18.1. The van der Waals surface area contributed by atoms with Crippen molar-refractivity contribution in [2.24, 2.45) is 23.2 Å². The minimum Gasteiger partial charge on any atom is -0.481 e. The smallest absolute Gasteiger partial charge is 0.310 e. The number of hydrogen-bond donors (Lipinski definition) is 2. The molecule has 242 valence electrons. The second-order valence-corrected chi connectivity index (χ2v) is 13.7. The van der Waals surface area contributed by atoms with Crippen molar-refractivity contribution in [2.75, 3.05) is 0 Å². The Morgan fingerprint density at radius 3 is 1.10 bits per heavy atom. The monoisotopic (exact) mass is 568 g/mol. The van der Waals surface area contributed by atoms with Gasteiger partial charge in [-0.15, -0.1) is 0 Å². The maximum atomic E-state index is 12.9. The summed E-state index contributed by atoms with van der Waals surface area (Å²) < 4.78 is 0. The summed E-state index contributed by atoms with van der Waals surface area (Å²) in [7, 11) is 0. The van der Waals surface area contributed by atoms with E-state index in [2.05, 4.69) is 41.5 Å². The summed E-state index contributed by atoms with van der Waals surface area (Å²) in [6.07, 6.45) is 34.2. The highest BCUT2D eigenvalue weighted by atomic mass is 16.4. The molecule has 0 amide bonds. The van der Waals surface area contributed by atoms with E-state index in [4.69, 9.17) is 0 Å². The highest BCUT2D eigenvalue weighted by molar-refractivity contribution is 5.75. The summed E-state index contributed by atoms with van der Waals surface area (Å²) in [4.78, 5) is 12.9. The molecule has 3 nitrogen and oxygen atoms in total. The third-order valence-electron chi connectivity index (χ3n) is 9.71. The van der Waals surface area contributed by atoms with E-state index in [0.717, 1.165) is 19.3 Å². The predicted octanol–water partition coefficient (Wildman–Crippen LogP) is 13.3. The van der Waals surface area contributed by atoms with E-state index in [-0.39, 0.29) is 18.0 Å². The summed E-state index contributed by atoms with van der Waals surface area (Å²) in [6.45, 7) is 13.5. The first kappa shape index (κ1) is 41.6. The fourth-order valence-electron chi connectivity index (χ4n) is 7.06. The topological polar surface area (TPSA) is 72.3 Å². The molecule has 0 radical (unpaired) electrons. The van der Waals surface area contributed by atoms with Gasteiger partial charge in [-0.2, -0.15) is 0 Å². The van der Waals surface area contributed by atoms with Gasteiger partial charge in [-0.3, -0.25) is 4.79 Å². The molecule has 40 heavy (non-hydrogen) atoms. The van der Waals surface area contributed by atoms with Gasteiger partial charge in [0.1, 0.15) is 0 Å². The second kappa shape index (κ2) is 28.5. The van der Waals surface area contributed by atoms with Crippen molar-refractivity contribution in [3.8, 4) is 0 Å². The SMILES string of the molecule is CCCCCCCCCCCCCCCC(C(C)C)C(CCCCCCCCCCCCC)(C(=O)O)C(C)C.N. The summed E-state index contributed by atoms with van der Waals surface area (Å²) in [6, 6.07) is 0. The normalized spacial score (nSPS) is 13.9. The fourth-order valence-corrected chi connectivity index (χ4v) is 7.06. The van der Waals surface area contributed by atoms with Crippen LogP contribution in [0.3, 0.4) is 0 Å². The Hall–Kier alpha value is -0.570. The summed E-state index contributed by atoms with van der Waals surface area (Å²) in [5, 5.41) is 10.6. The molecule has 0 heterocycles. The third kappa shape index (κ3) is 19.5. The average Bonchev–Trinajstić information content (AvgIpc) is 2.89. The molecule has 2 unspecified atom stereocenters. The van der Waals surface area contributed by atoms with E-state index in [1.807, 2.05) is 0 Å². The van der Waals surface area contributed by atoms with E-state index >= 15 is 0 Å². The molecule has 0 aliphatic rings. The van der Waals surface area contributed by atoms with Crippen molar-refractivity contribution >= 4 is 5.97 Å². The number of carboxylic acid groups (broad SMARTS) is 1. The van der Waals surface area contributed by atoms with E-state index in [1.54, 1.807) is 0 Å². The van der Waals surface area contributed by atoms with Crippen molar-refractivity contribution in [2.45, 2.75) is 208 Å². The zero-order chi connectivity index (χ0) is 29.2. The van der Waals surface area contributed by atoms with Crippen molar-refractivity contribution in [1.29, 1.82) is 0 Å². The van der Waals surface area contributed by atoms with Crippen molar-refractivity contribution in [3.63, 3.8) is 0 Å². The van der Waals surface area contributed by atoms with Gasteiger partial charge in [0.25, 0.3) is 0 Å². The molecule has 0 aliphatic carbocycles. The standard InChI is InChI=1S/C37H74O2.H3N/c1-7-9-11-13-15-17-19-20-21-23-25-27-29-31-35(33(3)4)37(34(5)6,36(38)39)32-30-28-26-24-22-18-16-14-12-10-8-2;/h33-35H,7-32H2,1-6H3,(H,38,39);1H3. The van der Waals surface area contributed by atoms with Crippen LogP contribution in [0.1, 0.15) is 208 Å². The van der Waals surface area contributed by atoms with Crippen LogP contribution in [0.5, 0.6) is 0 Å². The number of aliphatic carboxylic acids is 1. The van der Waals surface area contributed by atoms with Gasteiger partial charge in [-0.05, 0) is 30.6 Å². The first-order chi connectivity index (χ1) is 18.8. The van der Waals surface area contributed by atoms with Gasteiger partial charge in [-0.1, -0.05) is 196 Å². The Morgan fingerprint density at radius 1 is 0.525 bits per heavy atom. The van der Waals surface area contributed by atoms with Crippen molar-refractivity contribution < 1.29 is 9.90 Å². The fraction of sp³-hybridized carbons (Fsp3) is 0.973. The molecule has 0 saturated heterocycles. The molecule has 0 fully saturated rings. The third-order valence-corrected chi connectivity index (χ3v) is 9.71. The maximum Gasteiger partial charge on any atom is 0.310 e. The summed E-state index contributed by atoms with van der Waals surface area (Å²) in [5.41, 5.74) is -0.565. The Morgan fingerprint density at radius 2 is 0.825 bits per heavy atom. The van der Waals surface area contributed by atoms with Gasteiger partial charge in [0, 0.05) is 0 Å². The lowest BCUT2D eigenvalue weighted by Crippen LogP contribution is -2.45. The minimum absolute atomic E-state index is 0. The largest absolute Gasteiger partial charge is 0.481 e. The summed E-state index contributed by atoms with van der Waals surface area (Å²) in [5.74, 6) is 0.366. The molecule has 0 aromatic heterocycles. The lowest BCUT2D eigenvalue weighted by atomic mass is 9.60. The quantitative estimate of drug-likeness (QED) is 0.0848. The molecule has 4 N–H and O–H groups in total. The molecule has 2 atom stereocenters. The van der Waals surface area contributed by atoms with Crippen LogP contribution in [0.2, 0.25) is 0 Å². The van der Waals surface area contributed by atoms with Crippen molar-refractivity contribution in [1.82, 2.24) is 6.15 Å². The average molecular weight is 568 g/mol. The Kier molecular flexibility index (Phi) is 29.7. The van der Waals surface area contributed by atoms with Crippen LogP contribution < -0.4 is 6.15 Å². The molecule has 0 rings (SSSR count). The van der Waals surface area contributed by atoms with Crippen LogP contribution in [-0.4, -0.2) is 11.1 Å². The molecular formula is C37H77NO2. The van der Waals surface area contributed by atoms with E-state index in [9.17, 15) is 9.90 Å². The number of unbranched alkanes of at least 4 members (excludes halogenated alkanes) is 22. The maximum absolute atomic E-state index is 12.9. The predicted molar refractivity (Wildman–Crippen MR) is 180 cm³/mol. The molecule has 3 heteroatoms. The molecule has 0 spiro atoms. The zero-order valence-corrected chi connectivity index (χ0v) is 28.7. The lowest BCUT2D eigenvalue weighted by Gasteiger charge is -2.43. The first-order valence-electron chi connectivity index (χ1n) is 18.1. The Balaban J connectivity index is 0. The van der Waals surface area contributed by atoms with E-state index < -0.39 is 11.4 Å². The van der Waals surface area contributed by atoms with Crippen LogP contribution in [0, 0.1) is 23.2 Å². The molecule has 0 aliphatic heterocycles.